The number of nitriles is 1. The molecule has 136 valence electrons. The van der Waals surface area contributed by atoms with Crippen LogP contribution in [0.3, 0.4) is 0 Å². The fraction of sp³-hybridized carbons (Fsp3) is 0.333. The quantitative estimate of drug-likeness (QED) is 0.597. The summed E-state index contributed by atoms with van der Waals surface area (Å²) in [6.45, 7) is 7.35. The second kappa shape index (κ2) is 9.00. The predicted octanol–water partition coefficient (Wildman–Crippen LogP) is 4.27. The summed E-state index contributed by atoms with van der Waals surface area (Å²) < 4.78 is 15.1. The first kappa shape index (κ1) is 19.5. The van der Waals surface area contributed by atoms with E-state index in [0.717, 1.165) is 41.9 Å². The molecule has 1 amide bonds. The van der Waals surface area contributed by atoms with Gasteiger partial charge in [-0.2, -0.15) is 5.26 Å². The van der Waals surface area contributed by atoms with Crippen LogP contribution in [0.1, 0.15) is 42.3 Å². The Balaban J connectivity index is 2.13. The topological polar surface area (TPSA) is 57.8 Å². The number of aromatic nitrogens is 1. The van der Waals surface area contributed by atoms with Crippen molar-refractivity contribution >= 4 is 12.0 Å². The highest BCUT2D eigenvalue weighted by Crippen LogP contribution is 2.19. The number of aryl methyl sites for hydroxylation is 1. The Morgan fingerprint density at radius 3 is 2.62 bits per heavy atom. The van der Waals surface area contributed by atoms with E-state index in [0.29, 0.717) is 0 Å². The van der Waals surface area contributed by atoms with Gasteiger partial charge in [0.15, 0.2) is 0 Å². The van der Waals surface area contributed by atoms with Gasteiger partial charge in [0.1, 0.15) is 17.5 Å². The van der Waals surface area contributed by atoms with Crippen molar-refractivity contribution in [2.75, 3.05) is 0 Å². The van der Waals surface area contributed by atoms with Gasteiger partial charge in [-0.15, -0.1) is 0 Å². The molecule has 0 saturated heterocycles. The minimum atomic E-state index is -0.435. The largest absolute Gasteiger partial charge is 0.349 e. The van der Waals surface area contributed by atoms with Crippen LogP contribution in [0.5, 0.6) is 0 Å². The lowest BCUT2D eigenvalue weighted by molar-refractivity contribution is -0.117. The number of carbonyl (C=O) groups is 1. The first-order valence-electron chi connectivity index (χ1n) is 8.77. The number of hydrogen-bond donors (Lipinski definition) is 1. The molecule has 0 bridgehead atoms. The van der Waals surface area contributed by atoms with Crippen molar-refractivity contribution in [3.05, 3.63) is 64.2 Å². The van der Waals surface area contributed by atoms with E-state index in [9.17, 15) is 14.4 Å². The summed E-state index contributed by atoms with van der Waals surface area (Å²) in [5.74, 6) is -0.758. The van der Waals surface area contributed by atoms with Gasteiger partial charge in [0.25, 0.3) is 5.91 Å². The van der Waals surface area contributed by atoms with Crippen molar-refractivity contribution in [1.29, 1.82) is 5.26 Å². The maximum absolute atomic E-state index is 12.9. The van der Waals surface area contributed by atoms with Gasteiger partial charge in [0.2, 0.25) is 0 Å². The molecule has 26 heavy (non-hydrogen) atoms. The summed E-state index contributed by atoms with van der Waals surface area (Å²) in [6.07, 6.45) is 3.82. The third-order valence-corrected chi connectivity index (χ3v) is 4.38. The smallest absolute Gasteiger partial charge is 0.262 e. The van der Waals surface area contributed by atoms with Crippen LogP contribution < -0.4 is 5.32 Å². The highest BCUT2D eigenvalue weighted by atomic mass is 19.1. The van der Waals surface area contributed by atoms with Crippen molar-refractivity contribution < 1.29 is 9.18 Å². The van der Waals surface area contributed by atoms with Gasteiger partial charge in [-0.05, 0) is 55.7 Å². The van der Waals surface area contributed by atoms with E-state index in [2.05, 4.69) is 16.8 Å². The predicted molar refractivity (Wildman–Crippen MR) is 101 cm³/mol. The summed E-state index contributed by atoms with van der Waals surface area (Å²) >= 11 is 0. The molecular weight excluding hydrogens is 329 g/mol. The Morgan fingerprint density at radius 2 is 2.00 bits per heavy atom. The number of nitrogens with zero attached hydrogens (tertiary/aromatic N) is 2. The number of amides is 1. The molecule has 0 fully saturated rings. The number of nitrogens with one attached hydrogen (secondary N) is 1. The zero-order chi connectivity index (χ0) is 19.1. The molecule has 1 heterocycles. The number of rotatable bonds is 7. The molecule has 2 rings (SSSR count). The normalized spacial score (nSPS) is 11.3. The van der Waals surface area contributed by atoms with E-state index in [1.54, 1.807) is 18.2 Å². The maximum atomic E-state index is 12.9. The lowest BCUT2D eigenvalue weighted by Gasteiger charge is -2.08. The monoisotopic (exact) mass is 353 g/mol. The molecule has 0 saturated carbocycles. The van der Waals surface area contributed by atoms with Gasteiger partial charge in [-0.1, -0.05) is 25.5 Å². The lowest BCUT2D eigenvalue weighted by atomic mass is 10.1. The molecule has 1 aromatic heterocycles. The second-order valence-corrected chi connectivity index (χ2v) is 6.31. The minimum Gasteiger partial charge on any atom is -0.349 e. The molecule has 5 heteroatoms. The Hall–Kier alpha value is -2.87. The van der Waals surface area contributed by atoms with Crippen LogP contribution in [0.15, 0.2) is 35.9 Å². The Labute approximate surface area is 154 Å². The standard InChI is InChI=1S/C21H24FN3O/c1-4-5-10-25-15(2)11-18(16(25)3)12-19(13-23)21(26)24-14-17-6-8-20(22)9-7-17/h6-9,11-12H,4-5,10,14H2,1-3H3,(H,24,26)/b19-12+. The molecular formula is C21H24FN3O. The molecule has 1 aromatic carbocycles. The van der Waals surface area contributed by atoms with Crippen LogP contribution in [-0.4, -0.2) is 10.5 Å². The van der Waals surface area contributed by atoms with Gasteiger partial charge < -0.3 is 9.88 Å². The highest BCUT2D eigenvalue weighted by Gasteiger charge is 2.12. The zero-order valence-corrected chi connectivity index (χ0v) is 15.5. The highest BCUT2D eigenvalue weighted by molar-refractivity contribution is 6.01. The van der Waals surface area contributed by atoms with Crippen LogP contribution in [0.2, 0.25) is 0 Å². The minimum absolute atomic E-state index is 0.0582. The van der Waals surface area contributed by atoms with Crippen molar-refractivity contribution in [3.63, 3.8) is 0 Å². The number of halogens is 1. The third kappa shape index (κ3) is 4.82. The van der Waals surface area contributed by atoms with Gasteiger partial charge in [0, 0.05) is 24.5 Å². The Morgan fingerprint density at radius 1 is 1.31 bits per heavy atom. The second-order valence-electron chi connectivity index (χ2n) is 6.31. The fourth-order valence-corrected chi connectivity index (χ4v) is 2.82. The average Bonchev–Trinajstić information content (AvgIpc) is 2.90. The molecule has 0 aliphatic carbocycles. The van der Waals surface area contributed by atoms with Gasteiger partial charge in [-0.25, -0.2) is 4.39 Å². The van der Waals surface area contributed by atoms with E-state index in [4.69, 9.17) is 0 Å². The first-order chi connectivity index (χ1) is 12.5. The van der Waals surface area contributed by atoms with E-state index < -0.39 is 5.91 Å². The van der Waals surface area contributed by atoms with Crippen LogP contribution in [-0.2, 0) is 17.9 Å². The molecule has 4 nitrogen and oxygen atoms in total. The molecule has 0 aliphatic rings. The number of benzene rings is 1. The van der Waals surface area contributed by atoms with Crippen molar-refractivity contribution in [2.45, 2.75) is 46.7 Å². The first-order valence-corrected chi connectivity index (χ1v) is 8.77. The fourth-order valence-electron chi connectivity index (χ4n) is 2.82. The summed E-state index contributed by atoms with van der Waals surface area (Å²) in [7, 11) is 0. The van der Waals surface area contributed by atoms with Crippen LogP contribution in [0.4, 0.5) is 4.39 Å². The molecule has 0 spiro atoms. The molecule has 0 aliphatic heterocycles. The van der Waals surface area contributed by atoms with E-state index in [1.807, 2.05) is 26.0 Å². The van der Waals surface area contributed by atoms with Crippen molar-refractivity contribution in [2.24, 2.45) is 0 Å². The number of hydrogen-bond acceptors (Lipinski definition) is 2. The Bertz CT molecular complexity index is 841. The summed E-state index contributed by atoms with van der Waals surface area (Å²) in [5, 5.41) is 12.1. The van der Waals surface area contributed by atoms with E-state index >= 15 is 0 Å². The lowest BCUT2D eigenvalue weighted by Crippen LogP contribution is -2.23. The maximum Gasteiger partial charge on any atom is 0.262 e. The molecule has 0 atom stereocenters. The number of unbranched alkanes of at least 4 members (excludes halogenated alkanes) is 1. The van der Waals surface area contributed by atoms with Gasteiger partial charge in [-0.3, -0.25) is 4.79 Å². The Kier molecular flexibility index (Phi) is 6.74. The van der Waals surface area contributed by atoms with E-state index in [1.165, 1.54) is 12.1 Å². The van der Waals surface area contributed by atoms with Crippen LogP contribution in [0, 0.1) is 31.0 Å². The van der Waals surface area contributed by atoms with Crippen molar-refractivity contribution in [1.82, 2.24) is 9.88 Å². The molecule has 1 N–H and O–H groups in total. The van der Waals surface area contributed by atoms with Crippen LogP contribution >= 0.6 is 0 Å². The summed E-state index contributed by atoms with van der Waals surface area (Å²) in [4.78, 5) is 12.3. The third-order valence-electron chi connectivity index (χ3n) is 4.38. The molecule has 0 unspecified atom stereocenters. The van der Waals surface area contributed by atoms with Crippen molar-refractivity contribution in [3.8, 4) is 6.07 Å². The van der Waals surface area contributed by atoms with Gasteiger partial charge in [0.05, 0.1) is 0 Å². The number of carbonyl (C=O) groups excluding carboxylic acids is 1. The zero-order valence-electron chi connectivity index (χ0n) is 15.5. The van der Waals surface area contributed by atoms with Crippen LogP contribution in [0.25, 0.3) is 6.08 Å². The SMILES string of the molecule is CCCCn1c(C)cc(/C=C(\C#N)C(=O)NCc2ccc(F)cc2)c1C. The molecule has 0 radical (unpaired) electrons. The molecule has 2 aromatic rings. The summed E-state index contributed by atoms with van der Waals surface area (Å²) in [6, 6.07) is 9.86. The van der Waals surface area contributed by atoms with E-state index in [-0.39, 0.29) is 17.9 Å². The summed E-state index contributed by atoms with van der Waals surface area (Å²) in [5.41, 5.74) is 3.88. The van der Waals surface area contributed by atoms with Gasteiger partial charge >= 0.3 is 0 Å². The average molecular weight is 353 g/mol.